The van der Waals surface area contributed by atoms with Gasteiger partial charge in [0.15, 0.2) is 5.82 Å². The van der Waals surface area contributed by atoms with Crippen molar-refractivity contribution in [2.24, 2.45) is 12.8 Å². The molecular weight excluding hydrogens is 306 g/mol. The number of aromatic amines is 1. The first-order chi connectivity index (χ1) is 10.9. The molecule has 3 rings (SSSR count). The molecule has 0 aliphatic carbocycles. The lowest BCUT2D eigenvalue weighted by atomic mass is 10.2. The highest BCUT2D eigenvalue weighted by Crippen LogP contribution is 2.28. The molecule has 0 unspecified atom stereocenters. The van der Waals surface area contributed by atoms with Crippen molar-refractivity contribution >= 4 is 22.6 Å². The molecule has 3 aromatic rings. The number of amides is 1. The first kappa shape index (κ1) is 15.1. The van der Waals surface area contributed by atoms with Crippen LogP contribution in [0.4, 0.5) is 14.5 Å². The molecule has 120 valence electrons. The van der Waals surface area contributed by atoms with Crippen molar-refractivity contribution in [3.63, 3.8) is 0 Å². The van der Waals surface area contributed by atoms with Crippen LogP contribution in [0, 0.1) is 0 Å². The average molecular weight is 320 g/mol. The monoisotopic (exact) mass is 320 g/mol. The Kier molecular flexibility index (Phi) is 3.57. The number of imidazole rings is 2. The number of nitrogens with one attached hydrogen (secondary N) is 2. The number of H-pyrrole nitrogens is 1. The van der Waals surface area contributed by atoms with E-state index < -0.39 is 17.7 Å². The zero-order valence-corrected chi connectivity index (χ0v) is 12.2. The average Bonchev–Trinajstić information content (AvgIpc) is 3.12. The molecule has 23 heavy (non-hydrogen) atoms. The smallest absolute Gasteiger partial charge is 0.341 e. The van der Waals surface area contributed by atoms with Crippen LogP contribution >= 0.6 is 0 Å². The lowest BCUT2D eigenvalue weighted by molar-refractivity contribution is -0.142. The maximum Gasteiger partial charge on any atom is 0.381 e. The second-order valence-electron chi connectivity index (χ2n) is 5.01. The number of hydrogen-bond donors (Lipinski definition) is 3. The van der Waals surface area contributed by atoms with Gasteiger partial charge in [-0.05, 0) is 18.2 Å². The van der Waals surface area contributed by atoms with Crippen LogP contribution in [0.3, 0.4) is 0 Å². The van der Waals surface area contributed by atoms with Crippen molar-refractivity contribution in [1.82, 2.24) is 19.5 Å². The third kappa shape index (κ3) is 2.66. The number of hydrogen-bond acceptors (Lipinski definition) is 4. The highest BCUT2D eigenvalue weighted by atomic mass is 19.3. The minimum absolute atomic E-state index is 0.226. The zero-order chi connectivity index (χ0) is 16.6. The molecule has 9 heteroatoms. The standard InChI is InChI=1S/C14H14F2N6O/c1-22-5-4-18-12(22)14(15,16)13(23)19-8-2-3-9-10(6-8)21-11(7-17)20-9/h2-6H,7,17H2,1H3,(H,19,23)(H,20,21). The van der Waals surface area contributed by atoms with Crippen molar-refractivity contribution in [2.75, 3.05) is 5.32 Å². The topological polar surface area (TPSA) is 102 Å². The molecule has 0 atom stereocenters. The molecule has 0 saturated carbocycles. The Hall–Kier alpha value is -2.81. The van der Waals surface area contributed by atoms with Gasteiger partial charge in [-0.25, -0.2) is 9.97 Å². The maximum absolute atomic E-state index is 14.2. The van der Waals surface area contributed by atoms with E-state index in [1.165, 1.54) is 31.6 Å². The van der Waals surface area contributed by atoms with Crippen LogP contribution in [-0.4, -0.2) is 25.4 Å². The number of aryl methyl sites for hydroxylation is 1. The first-order valence-electron chi connectivity index (χ1n) is 6.77. The van der Waals surface area contributed by atoms with Gasteiger partial charge in [0.05, 0.1) is 17.6 Å². The van der Waals surface area contributed by atoms with Crippen molar-refractivity contribution < 1.29 is 13.6 Å². The van der Waals surface area contributed by atoms with Gasteiger partial charge < -0.3 is 20.6 Å². The fraction of sp³-hybridized carbons (Fsp3) is 0.214. The van der Waals surface area contributed by atoms with Crippen LogP contribution in [0.25, 0.3) is 11.0 Å². The van der Waals surface area contributed by atoms with E-state index in [0.29, 0.717) is 16.9 Å². The molecule has 0 bridgehead atoms. The van der Waals surface area contributed by atoms with E-state index in [9.17, 15) is 13.6 Å². The van der Waals surface area contributed by atoms with Gasteiger partial charge in [-0.3, -0.25) is 4.79 Å². The van der Waals surface area contributed by atoms with Crippen LogP contribution in [0.15, 0.2) is 30.6 Å². The molecule has 2 aromatic heterocycles. The molecule has 1 aromatic carbocycles. The lowest BCUT2D eigenvalue weighted by Crippen LogP contribution is -2.34. The Balaban J connectivity index is 1.86. The molecule has 0 saturated heterocycles. The van der Waals surface area contributed by atoms with Crippen LogP contribution in [-0.2, 0) is 24.3 Å². The number of alkyl halides is 2. The van der Waals surface area contributed by atoms with E-state index in [1.54, 1.807) is 6.07 Å². The Morgan fingerprint density at radius 3 is 2.91 bits per heavy atom. The fourth-order valence-electron chi connectivity index (χ4n) is 2.22. The number of rotatable bonds is 4. The molecule has 0 fully saturated rings. The SMILES string of the molecule is Cn1ccnc1C(F)(F)C(=O)Nc1ccc2nc(CN)[nH]c2c1. The van der Waals surface area contributed by atoms with Crippen molar-refractivity contribution in [2.45, 2.75) is 12.5 Å². The summed E-state index contributed by atoms with van der Waals surface area (Å²) in [5.41, 5.74) is 6.95. The van der Waals surface area contributed by atoms with Gasteiger partial charge in [-0.1, -0.05) is 0 Å². The third-order valence-corrected chi connectivity index (χ3v) is 3.37. The number of carbonyl (C=O) groups excluding carboxylic acids is 1. The minimum atomic E-state index is -3.75. The summed E-state index contributed by atoms with van der Waals surface area (Å²) in [6.07, 6.45) is 2.56. The number of anilines is 1. The number of nitrogens with zero attached hydrogens (tertiary/aromatic N) is 3. The van der Waals surface area contributed by atoms with Gasteiger partial charge in [0, 0.05) is 25.1 Å². The van der Waals surface area contributed by atoms with Crippen LogP contribution in [0.1, 0.15) is 11.6 Å². The van der Waals surface area contributed by atoms with Crippen molar-refractivity contribution in [3.05, 3.63) is 42.2 Å². The lowest BCUT2D eigenvalue weighted by Gasteiger charge is -2.15. The summed E-state index contributed by atoms with van der Waals surface area (Å²) in [4.78, 5) is 22.6. The Labute approximate surface area is 129 Å². The summed E-state index contributed by atoms with van der Waals surface area (Å²) in [5.74, 6) is -5.25. The second kappa shape index (κ2) is 5.43. The molecule has 0 spiro atoms. The first-order valence-corrected chi connectivity index (χ1v) is 6.77. The number of benzene rings is 1. The summed E-state index contributed by atoms with van der Waals surface area (Å²) < 4.78 is 29.4. The zero-order valence-electron chi connectivity index (χ0n) is 12.2. The van der Waals surface area contributed by atoms with E-state index in [2.05, 4.69) is 20.3 Å². The maximum atomic E-state index is 14.2. The second-order valence-corrected chi connectivity index (χ2v) is 5.01. The molecule has 4 N–H and O–H groups in total. The van der Waals surface area contributed by atoms with Crippen LogP contribution in [0.2, 0.25) is 0 Å². The predicted octanol–water partition coefficient (Wildman–Crippen LogP) is 1.49. The van der Waals surface area contributed by atoms with Gasteiger partial charge in [0.2, 0.25) is 0 Å². The van der Waals surface area contributed by atoms with E-state index >= 15 is 0 Å². The Morgan fingerprint density at radius 1 is 1.48 bits per heavy atom. The Morgan fingerprint density at radius 2 is 2.26 bits per heavy atom. The van der Waals surface area contributed by atoms with Gasteiger partial charge in [-0.15, -0.1) is 0 Å². The van der Waals surface area contributed by atoms with Crippen LogP contribution in [0.5, 0.6) is 0 Å². The van der Waals surface area contributed by atoms with E-state index in [4.69, 9.17) is 5.73 Å². The van der Waals surface area contributed by atoms with Crippen molar-refractivity contribution in [1.29, 1.82) is 0 Å². The highest BCUT2D eigenvalue weighted by molar-refractivity contribution is 5.97. The summed E-state index contributed by atoms with van der Waals surface area (Å²) in [7, 11) is 1.40. The molecule has 7 nitrogen and oxygen atoms in total. The Bertz CT molecular complexity index is 869. The third-order valence-electron chi connectivity index (χ3n) is 3.37. The summed E-state index contributed by atoms with van der Waals surface area (Å²) in [6, 6.07) is 4.63. The number of fused-ring (bicyclic) bond motifs is 1. The van der Waals surface area contributed by atoms with E-state index in [-0.39, 0.29) is 12.2 Å². The molecule has 0 aliphatic heterocycles. The normalized spacial score (nSPS) is 11.8. The summed E-state index contributed by atoms with van der Waals surface area (Å²) in [6.45, 7) is 0.230. The molecule has 2 heterocycles. The number of nitrogens with two attached hydrogens (primary N) is 1. The fourth-order valence-corrected chi connectivity index (χ4v) is 2.22. The van der Waals surface area contributed by atoms with Gasteiger partial charge >= 0.3 is 11.8 Å². The quantitative estimate of drug-likeness (QED) is 0.678. The summed E-state index contributed by atoms with van der Waals surface area (Å²) in [5, 5.41) is 2.20. The molecule has 0 radical (unpaired) electrons. The van der Waals surface area contributed by atoms with Crippen molar-refractivity contribution in [3.8, 4) is 0 Å². The van der Waals surface area contributed by atoms with Gasteiger partial charge in [-0.2, -0.15) is 8.78 Å². The molecule has 1 amide bonds. The number of carbonyl (C=O) groups is 1. The number of aromatic nitrogens is 4. The highest BCUT2D eigenvalue weighted by Gasteiger charge is 2.44. The van der Waals surface area contributed by atoms with Gasteiger partial charge in [0.1, 0.15) is 5.82 Å². The molecule has 0 aliphatic rings. The van der Waals surface area contributed by atoms with E-state index in [0.717, 1.165) is 4.57 Å². The largest absolute Gasteiger partial charge is 0.381 e. The minimum Gasteiger partial charge on any atom is -0.341 e. The summed E-state index contributed by atoms with van der Waals surface area (Å²) >= 11 is 0. The van der Waals surface area contributed by atoms with Gasteiger partial charge in [0.25, 0.3) is 0 Å². The molecular formula is C14H14F2N6O. The van der Waals surface area contributed by atoms with E-state index in [1.807, 2.05) is 0 Å². The van der Waals surface area contributed by atoms with Crippen LogP contribution < -0.4 is 11.1 Å². The number of halogens is 2. The predicted molar refractivity (Wildman–Crippen MR) is 79.7 cm³/mol.